The molecule has 4 nitrogen and oxygen atoms in total. The number of carbonyl (C=O) groups excluding carboxylic acids is 1. The van der Waals surface area contributed by atoms with Gasteiger partial charge in [-0.05, 0) is 26.7 Å². The number of sulfone groups is 1. The number of ether oxygens (including phenoxy) is 1. The van der Waals surface area contributed by atoms with Crippen molar-refractivity contribution in [2.45, 2.75) is 39.7 Å². The standard InChI is InChI=1S/C11H19ClO4S/c1-8(6-9(12)17(5,14)15)7-10(13)16-11(2,3)4/h6,8H,7H2,1-5H3. The lowest BCUT2D eigenvalue weighted by Gasteiger charge is -2.20. The van der Waals surface area contributed by atoms with Gasteiger partial charge in [-0.3, -0.25) is 4.79 Å². The highest BCUT2D eigenvalue weighted by Gasteiger charge is 2.18. The highest BCUT2D eigenvalue weighted by atomic mass is 35.5. The van der Waals surface area contributed by atoms with Gasteiger partial charge in [0, 0.05) is 6.26 Å². The normalized spacial score (nSPS) is 15.5. The van der Waals surface area contributed by atoms with Gasteiger partial charge in [0.25, 0.3) is 0 Å². The predicted octanol–water partition coefficient (Wildman–Crippen LogP) is 2.48. The van der Waals surface area contributed by atoms with Crippen molar-refractivity contribution >= 4 is 27.4 Å². The third-order valence-electron chi connectivity index (χ3n) is 1.68. The van der Waals surface area contributed by atoms with E-state index in [4.69, 9.17) is 16.3 Å². The van der Waals surface area contributed by atoms with Crippen LogP contribution in [0.1, 0.15) is 34.1 Å². The van der Waals surface area contributed by atoms with E-state index in [1.165, 1.54) is 6.08 Å². The molecule has 6 heteroatoms. The molecule has 17 heavy (non-hydrogen) atoms. The van der Waals surface area contributed by atoms with Crippen LogP contribution in [0.4, 0.5) is 0 Å². The first-order valence-electron chi connectivity index (χ1n) is 5.21. The maximum absolute atomic E-state index is 11.5. The molecular weight excluding hydrogens is 264 g/mol. The van der Waals surface area contributed by atoms with Crippen molar-refractivity contribution in [1.82, 2.24) is 0 Å². The van der Waals surface area contributed by atoms with Crippen LogP contribution < -0.4 is 0 Å². The molecule has 0 N–H and O–H groups in total. The molecule has 0 aliphatic heterocycles. The zero-order chi connectivity index (χ0) is 13.9. The highest BCUT2D eigenvalue weighted by molar-refractivity contribution is 7.96. The van der Waals surface area contributed by atoms with E-state index in [0.29, 0.717) is 0 Å². The van der Waals surface area contributed by atoms with E-state index in [-0.39, 0.29) is 22.7 Å². The summed E-state index contributed by atoms with van der Waals surface area (Å²) in [5.74, 6) is -0.661. The van der Waals surface area contributed by atoms with E-state index >= 15 is 0 Å². The summed E-state index contributed by atoms with van der Waals surface area (Å²) in [6.07, 6.45) is 2.47. The van der Waals surface area contributed by atoms with Gasteiger partial charge in [0.15, 0.2) is 9.84 Å². The number of esters is 1. The summed E-state index contributed by atoms with van der Waals surface area (Å²) in [5.41, 5.74) is -0.541. The molecule has 0 bridgehead atoms. The third kappa shape index (κ3) is 8.21. The quantitative estimate of drug-likeness (QED) is 0.743. The van der Waals surface area contributed by atoms with E-state index in [1.807, 2.05) is 0 Å². The van der Waals surface area contributed by atoms with Crippen LogP contribution in [0.15, 0.2) is 10.4 Å². The van der Waals surface area contributed by atoms with E-state index in [0.717, 1.165) is 6.26 Å². The maximum atomic E-state index is 11.5. The van der Waals surface area contributed by atoms with Crippen LogP contribution in [-0.4, -0.2) is 26.2 Å². The fraction of sp³-hybridized carbons (Fsp3) is 0.727. The molecule has 0 fully saturated rings. The summed E-state index contributed by atoms with van der Waals surface area (Å²) >= 11 is 5.59. The first kappa shape index (κ1) is 16.4. The number of halogens is 1. The van der Waals surface area contributed by atoms with Crippen LogP contribution in [0.3, 0.4) is 0 Å². The molecule has 0 radical (unpaired) electrons. The lowest BCUT2D eigenvalue weighted by Crippen LogP contribution is -2.24. The summed E-state index contributed by atoms with van der Waals surface area (Å²) in [5, 5.41) is 0. The molecular formula is C11H19ClO4S. The van der Waals surface area contributed by atoms with Gasteiger partial charge in [0.2, 0.25) is 0 Å². The number of hydrogen-bond donors (Lipinski definition) is 0. The van der Waals surface area contributed by atoms with Gasteiger partial charge in [-0.25, -0.2) is 8.42 Å². The van der Waals surface area contributed by atoms with Gasteiger partial charge < -0.3 is 4.74 Å². The lowest BCUT2D eigenvalue weighted by atomic mass is 10.1. The molecule has 0 amide bonds. The first-order chi connectivity index (χ1) is 7.42. The SMILES string of the molecule is CC(C=C(Cl)S(C)(=O)=O)CC(=O)OC(C)(C)C. The Morgan fingerprint density at radius 2 is 1.88 bits per heavy atom. The van der Waals surface area contributed by atoms with Crippen molar-refractivity contribution in [3.05, 3.63) is 10.4 Å². The topological polar surface area (TPSA) is 60.4 Å². The van der Waals surface area contributed by atoms with Crippen molar-refractivity contribution in [3.8, 4) is 0 Å². The Morgan fingerprint density at radius 1 is 1.41 bits per heavy atom. The maximum Gasteiger partial charge on any atom is 0.306 e. The van der Waals surface area contributed by atoms with Crippen molar-refractivity contribution in [1.29, 1.82) is 0 Å². The van der Waals surface area contributed by atoms with Crippen molar-refractivity contribution < 1.29 is 17.9 Å². The minimum Gasteiger partial charge on any atom is -0.460 e. The molecule has 0 aliphatic carbocycles. The Kier molecular flexibility index (Phi) is 5.68. The van der Waals surface area contributed by atoms with Crippen LogP contribution in [0, 0.1) is 5.92 Å². The Bertz CT molecular complexity index is 404. The van der Waals surface area contributed by atoms with Gasteiger partial charge in [0.1, 0.15) is 9.97 Å². The van der Waals surface area contributed by atoms with Gasteiger partial charge >= 0.3 is 5.97 Å². The Morgan fingerprint density at radius 3 is 2.24 bits per heavy atom. The Hall–Kier alpha value is -0.550. The van der Waals surface area contributed by atoms with Gasteiger partial charge in [0.05, 0.1) is 6.42 Å². The summed E-state index contributed by atoms with van der Waals surface area (Å²) in [6.45, 7) is 7.02. The van der Waals surface area contributed by atoms with Crippen LogP contribution in [0.2, 0.25) is 0 Å². The first-order valence-corrected chi connectivity index (χ1v) is 7.48. The molecule has 1 unspecified atom stereocenters. The smallest absolute Gasteiger partial charge is 0.306 e. The minimum atomic E-state index is -3.39. The fourth-order valence-corrected chi connectivity index (χ4v) is 1.75. The summed E-state index contributed by atoms with van der Waals surface area (Å²) in [6, 6.07) is 0. The molecule has 0 aromatic rings. The van der Waals surface area contributed by atoms with E-state index < -0.39 is 15.4 Å². The van der Waals surface area contributed by atoms with E-state index in [1.54, 1.807) is 27.7 Å². The lowest BCUT2D eigenvalue weighted by molar-refractivity contribution is -0.155. The second-order valence-corrected chi connectivity index (χ2v) is 7.63. The van der Waals surface area contributed by atoms with Gasteiger partial charge in [-0.1, -0.05) is 24.6 Å². The molecule has 100 valence electrons. The molecule has 0 heterocycles. The number of rotatable bonds is 4. The zero-order valence-corrected chi connectivity index (χ0v) is 12.4. The second kappa shape index (κ2) is 5.87. The zero-order valence-electron chi connectivity index (χ0n) is 10.8. The molecule has 0 saturated heterocycles. The number of hydrogen-bond acceptors (Lipinski definition) is 4. The van der Waals surface area contributed by atoms with Crippen molar-refractivity contribution in [2.24, 2.45) is 5.92 Å². The average molecular weight is 283 g/mol. The molecule has 0 aliphatic rings. The average Bonchev–Trinajstić information content (AvgIpc) is 1.96. The second-order valence-electron chi connectivity index (χ2n) is 5.01. The number of carbonyl (C=O) groups is 1. The predicted molar refractivity (Wildman–Crippen MR) is 68.4 cm³/mol. The molecule has 0 spiro atoms. The molecule has 0 aromatic carbocycles. The van der Waals surface area contributed by atoms with Crippen molar-refractivity contribution in [3.63, 3.8) is 0 Å². The minimum absolute atomic E-state index is 0.100. The van der Waals surface area contributed by atoms with Crippen LogP contribution in [-0.2, 0) is 19.4 Å². The third-order valence-corrected chi connectivity index (χ3v) is 3.49. The molecule has 0 rings (SSSR count). The van der Waals surface area contributed by atoms with Gasteiger partial charge in [-0.2, -0.15) is 0 Å². The molecule has 0 saturated carbocycles. The highest BCUT2D eigenvalue weighted by Crippen LogP contribution is 2.17. The Labute approximate surface area is 108 Å². The Balaban J connectivity index is 4.48. The number of allylic oxidation sites excluding steroid dienone is 1. The monoisotopic (exact) mass is 282 g/mol. The summed E-state index contributed by atoms with van der Waals surface area (Å²) < 4.78 is 27.0. The largest absolute Gasteiger partial charge is 0.460 e. The van der Waals surface area contributed by atoms with E-state index in [2.05, 4.69) is 0 Å². The van der Waals surface area contributed by atoms with Crippen molar-refractivity contribution in [2.75, 3.05) is 6.26 Å². The van der Waals surface area contributed by atoms with Crippen LogP contribution in [0.25, 0.3) is 0 Å². The molecule has 0 aromatic heterocycles. The van der Waals surface area contributed by atoms with E-state index in [9.17, 15) is 13.2 Å². The summed E-state index contributed by atoms with van der Waals surface area (Å²) in [4.78, 5) is 11.5. The molecule has 1 atom stereocenters. The van der Waals surface area contributed by atoms with Crippen LogP contribution in [0.5, 0.6) is 0 Å². The van der Waals surface area contributed by atoms with Gasteiger partial charge in [-0.15, -0.1) is 0 Å². The fourth-order valence-electron chi connectivity index (χ4n) is 1.05. The summed E-state index contributed by atoms with van der Waals surface area (Å²) in [7, 11) is -3.39. The van der Waals surface area contributed by atoms with Crippen LogP contribution >= 0.6 is 11.6 Å².